The Bertz CT molecular complexity index is 326. The first-order chi connectivity index (χ1) is 8.31. The van der Waals surface area contributed by atoms with E-state index in [0.717, 1.165) is 19.4 Å². The molecule has 1 fully saturated rings. The maximum absolute atomic E-state index is 5.94. The molecule has 2 rings (SSSR count). The smallest absolute Gasteiger partial charge is 0.135 e. The molecule has 4 nitrogen and oxygen atoms in total. The second kappa shape index (κ2) is 6.15. The molecule has 0 atom stereocenters. The normalized spacial score (nSPS) is 25.1. The van der Waals surface area contributed by atoms with Gasteiger partial charge in [0.2, 0.25) is 0 Å². The lowest BCUT2D eigenvalue weighted by Crippen LogP contribution is -2.26. The second-order valence-electron chi connectivity index (χ2n) is 5.20. The first kappa shape index (κ1) is 12.6. The van der Waals surface area contributed by atoms with Gasteiger partial charge in [-0.1, -0.05) is 19.8 Å². The van der Waals surface area contributed by atoms with E-state index in [1.807, 2.05) is 6.33 Å². The number of nitrogens with two attached hydrogens (primary N) is 1. The van der Waals surface area contributed by atoms with Crippen molar-refractivity contribution < 1.29 is 0 Å². The molecular weight excluding hydrogens is 212 g/mol. The van der Waals surface area contributed by atoms with Crippen LogP contribution in [-0.2, 0) is 6.54 Å². The van der Waals surface area contributed by atoms with E-state index in [1.165, 1.54) is 37.9 Å². The molecule has 0 aromatic carbocycles. The van der Waals surface area contributed by atoms with Crippen LogP contribution in [0.4, 0.5) is 0 Å². The zero-order valence-electron chi connectivity index (χ0n) is 10.8. The molecule has 0 unspecified atom stereocenters. The van der Waals surface area contributed by atoms with Crippen LogP contribution in [-0.4, -0.2) is 20.8 Å². The minimum atomic E-state index is 0.405. The van der Waals surface area contributed by atoms with Crippen LogP contribution in [0.3, 0.4) is 0 Å². The van der Waals surface area contributed by atoms with E-state index < -0.39 is 0 Å². The molecule has 2 N–H and O–H groups in total. The summed E-state index contributed by atoms with van der Waals surface area (Å²) in [5.74, 6) is 1.77. The summed E-state index contributed by atoms with van der Waals surface area (Å²) in [6.07, 6.45) is 10.3. The Labute approximate surface area is 104 Å². The average molecular weight is 236 g/mol. The highest BCUT2D eigenvalue weighted by atomic mass is 15.3. The summed E-state index contributed by atoms with van der Waals surface area (Å²) in [5, 5.41) is 8.39. The molecule has 17 heavy (non-hydrogen) atoms. The Morgan fingerprint density at radius 2 is 2.06 bits per heavy atom. The SMILES string of the molecule is CCCCCn1cnnc1C1CCC(N)CC1. The number of hydrogen-bond acceptors (Lipinski definition) is 3. The zero-order chi connectivity index (χ0) is 12.1. The van der Waals surface area contributed by atoms with Crippen LogP contribution >= 0.6 is 0 Å². The van der Waals surface area contributed by atoms with Crippen molar-refractivity contribution in [2.24, 2.45) is 5.73 Å². The van der Waals surface area contributed by atoms with Crippen LogP contribution in [0.5, 0.6) is 0 Å². The quantitative estimate of drug-likeness (QED) is 0.799. The Balaban J connectivity index is 1.93. The first-order valence-corrected chi connectivity index (χ1v) is 6.94. The number of aryl methyl sites for hydroxylation is 1. The van der Waals surface area contributed by atoms with Gasteiger partial charge in [0.1, 0.15) is 12.2 Å². The highest BCUT2D eigenvalue weighted by Gasteiger charge is 2.23. The molecule has 0 saturated heterocycles. The summed E-state index contributed by atoms with van der Waals surface area (Å²) in [7, 11) is 0. The van der Waals surface area contributed by atoms with Gasteiger partial charge in [-0.05, 0) is 32.1 Å². The van der Waals surface area contributed by atoms with Crippen molar-refractivity contribution in [3.8, 4) is 0 Å². The van der Waals surface area contributed by atoms with Gasteiger partial charge < -0.3 is 10.3 Å². The third kappa shape index (κ3) is 3.28. The van der Waals surface area contributed by atoms with E-state index in [-0.39, 0.29) is 0 Å². The Morgan fingerprint density at radius 3 is 2.76 bits per heavy atom. The van der Waals surface area contributed by atoms with Crippen molar-refractivity contribution >= 4 is 0 Å². The van der Waals surface area contributed by atoms with Crippen molar-refractivity contribution in [1.29, 1.82) is 0 Å². The van der Waals surface area contributed by atoms with E-state index >= 15 is 0 Å². The fraction of sp³-hybridized carbons (Fsp3) is 0.846. The number of rotatable bonds is 5. The van der Waals surface area contributed by atoms with Crippen LogP contribution in [0.25, 0.3) is 0 Å². The molecule has 0 radical (unpaired) electrons. The van der Waals surface area contributed by atoms with Crippen LogP contribution < -0.4 is 5.73 Å². The van der Waals surface area contributed by atoms with Gasteiger partial charge in [0, 0.05) is 18.5 Å². The molecule has 1 aliphatic carbocycles. The highest BCUT2D eigenvalue weighted by molar-refractivity contribution is 4.99. The van der Waals surface area contributed by atoms with Crippen LogP contribution in [0.2, 0.25) is 0 Å². The van der Waals surface area contributed by atoms with Gasteiger partial charge in [-0.3, -0.25) is 0 Å². The summed E-state index contributed by atoms with van der Waals surface area (Å²) < 4.78 is 2.25. The van der Waals surface area contributed by atoms with Crippen LogP contribution in [0.15, 0.2) is 6.33 Å². The molecular formula is C13H24N4. The lowest BCUT2D eigenvalue weighted by molar-refractivity contribution is 0.374. The minimum Gasteiger partial charge on any atom is -0.328 e. The fourth-order valence-electron chi connectivity index (χ4n) is 2.66. The Hall–Kier alpha value is -0.900. The van der Waals surface area contributed by atoms with E-state index in [2.05, 4.69) is 21.7 Å². The van der Waals surface area contributed by atoms with E-state index in [0.29, 0.717) is 12.0 Å². The third-order valence-corrected chi connectivity index (χ3v) is 3.79. The fourth-order valence-corrected chi connectivity index (χ4v) is 2.66. The Kier molecular flexibility index (Phi) is 4.54. The molecule has 1 aromatic heterocycles. The van der Waals surface area contributed by atoms with E-state index in [4.69, 9.17) is 5.73 Å². The first-order valence-electron chi connectivity index (χ1n) is 6.94. The standard InChI is InChI=1S/C13H24N4/c1-2-3-4-9-17-10-15-16-13(17)11-5-7-12(14)8-6-11/h10-12H,2-9,14H2,1H3. The maximum Gasteiger partial charge on any atom is 0.135 e. The van der Waals surface area contributed by atoms with Gasteiger partial charge in [-0.2, -0.15) is 0 Å². The molecule has 0 amide bonds. The number of hydrogen-bond donors (Lipinski definition) is 1. The lowest BCUT2D eigenvalue weighted by Gasteiger charge is -2.25. The van der Waals surface area contributed by atoms with Gasteiger partial charge in [-0.15, -0.1) is 10.2 Å². The van der Waals surface area contributed by atoms with Crippen molar-refractivity contribution in [3.63, 3.8) is 0 Å². The largest absolute Gasteiger partial charge is 0.328 e. The maximum atomic E-state index is 5.94. The summed E-state index contributed by atoms with van der Waals surface area (Å²) >= 11 is 0. The molecule has 0 spiro atoms. The van der Waals surface area contributed by atoms with Gasteiger partial charge >= 0.3 is 0 Å². The van der Waals surface area contributed by atoms with E-state index in [1.54, 1.807) is 0 Å². The summed E-state index contributed by atoms with van der Waals surface area (Å²) in [4.78, 5) is 0. The van der Waals surface area contributed by atoms with E-state index in [9.17, 15) is 0 Å². The predicted octanol–water partition coefficient (Wildman–Crippen LogP) is 2.45. The molecule has 96 valence electrons. The topological polar surface area (TPSA) is 56.7 Å². The summed E-state index contributed by atoms with van der Waals surface area (Å²) in [6, 6.07) is 0.405. The molecule has 1 heterocycles. The zero-order valence-corrected chi connectivity index (χ0v) is 10.8. The van der Waals surface area contributed by atoms with Crippen molar-refractivity contribution in [2.45, 2.75) is 70.4 Å². The lowest BCUT2D eigenvalue weighted by atomic mass is 9.86. The van der Waals surface area contributed by atoms with Crippen molar-refractivity contribution in [2.75, 3.05) is 0 Å². The van der Waals surface area contributed by atoms with Crippen molar-refractivity contribution in [3.05, 3.63) is 12.2 Å². The predicted molar refractivity (Wildman–Crippen MR) is 68.7 cm³/mol. The van der Waals surface area contributed by atoms with Gasteiger partial charge in [0.05, 0.1) is 0 Å². The minimum absolute atomic E-state index is 0.405. The molecule has 1 aliphatic rings. The molecule has 1 aromatic rings. The average Bonchev–Trinajstić information content (AvgIpc) is 2.79. The van der Waals surface area contributed by atoms with Crippen molar-refractivity contribution in [1.82, 2.24) is 14.8 Å². The third-order valence-electron chi connectivity index (χ3n) is 3.79. The number of unbranched alkanes of at least 4 members (excludes halogenated alkanes) is 2. The van der Waals surface area contributed by atoms with Gasteiger partial charge in [-0.25, -0.2) is 0 Å². The Morgan fingerprint density at radius 1 is 1.29 bits per heavy atom. The highest BCUT2D eigenvalue weighted by Crippen LogP contribution is 2.30. The van der Waals surface area contributed by atoms with Crippen LogP contribution in [0.1, 0.15) is 63.6 Å². The van der Waals surface area contributed by atoms with Gasteiger partial charge in [0.15, 0.2) is 0 Å². The van der Waals surface area contributed by atoms with Gasteiger partial charge in [0.25, 0.3) is 0 Å². The molecule has 0 aliphatic heterocycles. The second-order valence-corrected chi connectivity index (χ2v) is 5.20. The summed E-state index contributed by atoms with van der Waals surface area (Å²) in [5.41, 5.74) is 5.94. The van der Waals surface area contributed by atoms with Crippen LogP contribution in [0, 0.1) is 0 Å². The molecule has 4 heteroatoms. The number of nitrogens with zero attached hydrogens (tertiary/aromatic N) is 3. The summed E-state index contributed by atoms with van der Waals surface area (Å²) in [6.45, 7) is 3.30. The monoisotopic (exact) mass is 236 g/mol. The molecule has 1 saturated carbocycles. The number of aromatic nitrogens is 3. The molecule has 0 bridgehead atoms.